The molecule has 3 heteroatoms. The topological polar surface area (TPSA) is 55.1 Å². The van der Waals surface area contributed by atoms with E-state index < -0.39 is 0 Å². The summed E-state index contributed by atoms with van der Waals surface area (Å²) >= 11 is 0. The van der Waals surface area contributed by atoms with Gasteiger partial charge in [0.2, 0.25) is 5.91 Å². The minimum Gasteiger partial charge on any atom is -0.354 e. The Labute approximate surface area is 74.7 Å². The van der Waals surface area contributed by atoms with Crippen LogP contribution in [0.25, 0.3) is 0 Å². The molecule has 72 valence electrons. The molecule has 0 aromatic rings. The van der Waals surface area contributed by atoms with Gasteiger partial charge in [-0.3, -0.25) is 4.79 Å². The molecule has 0 aliphatic rings. The van der Waals surface area contributed by atoms with Crippen LogP contribution in [0.15, 0.2) is 0 Å². The van der Waals surface area contributed by atoms with Crippen molar-refractivity contribution in [3.05, 3.63) is 0 Å². The van der Waals surface area contributed by atoms with Gasteiger partial charge in [0.15, 0.2) is 0 Å². The van der Waals surface area contributed by atoms with E-state index in [1.165, 1.54) is 0 Å². The van der Waals surface area contributed by atoms with Crippen LogP contribution >= 0.6 is 0 Å². The predicted octanol–water partition coefficient (Wildman–Crippen LogP) is 0.886. The maximum atomic E-state index is 11.1. The molecule has 0 fully saturated rings. The number of rotatable bonds is 4. The Morgan fingerprint density at radius 1 is 1.58 bits per heavy atom. The van der Waals surface area contributed by atoms with Gasteiger partial charge in [0.25, 0.3) is 0 Å². The summed E-state index contributed by atoms with van der Waals surface area (Å²) in [6.45, 7) is 8.25. The molecule has 0 rings (SSSR count). The number of hydrogen-bond acceptors (Lipinski definition) is 2. The van der Waals surface area contributed by atoms with E-state index in [1.807, 2.05) is 27.7 Å². The van der Waals surface area contributed by atoms with Crippen molar-refractivity contribution in [3.63, 3.8) is 0 Å². The molecule has 12 heavy (non-hydrogen) atoms. The molecule has 0 aliphatic carbocycles. The number of amides is 1. The Hall–Kier alpha value is -0.570. The zero-order valence-electron chi connectivity index (χ0n) is 8.48. The van der Waals surface area contributed by atoms with Crippen molar-refractivity contribution < 1.29 is 4.79 Å². The van der Waals surface area contributed by atoms with Crippen LogP contribution in [0.2, 0.25) is 0 Å². The third kappa shape index (κ3) is 4.34. The lowest BCUT2D eigenvalue weighted by atomic mass is 10.0. The van der Waals surface area contributed by atoms with E-state index in [4.69, 9.17) is 5.73 Å². The van der Waals surface area contributed by atoms with Gasteiger partial charge in [0.05, 0.1) is 0 Å². The van der Waals surface area contributed by atoms with E-state index in [1.54, 1.807) is 0 Å². The normalized spacial score (nSPS) is 15.8. The predicted molar refractivity (Wildman–Crippen MR) is 50.7 cm³/mol. The zero-order valence-corrected chi connectivity index (χ0v) is 8.48. The van der Waals surface area contributed by atoms with Crippen LogP contribution < -0.4 is 11.1 Å². The Balaban J connectivity index is 3.76. The molecule has 0 bridgehead atoms. The van der Waals surface area contributed by atoms with Crippen LogP contribution in [0.1, 0.15) is 34.1 Å². The van der Waals surface area contributed by atoms with Gasteiger partial charge in [0, 0.05) is 18.0 Å². The van der Waals surface area contributed by atoms with Gasteiger partial charge < -0.3 is 11.1 Å². The van der Waals surface area contributed by atoms with E-state index >= 15 is 0 Å². The van der Waals surface area contributed by atoms with Crippen molar-refractivity contribution in [1.82, 2.24) is 5.32 Å². The van der Waals surface area contributed by atoms with E-state index in [0.29, 0.717) is 6.54 Å². The minimum absolute atomic E-state index is 0.0395. The molecule has 0 saturated carbocycles. The Morgan fingerprint density at radius 2 is 2.08 bits per heavy atom. The lowest BCUT2D eigenvalue weighted by Gasteiger charge is -2.23. The highest BCUT2D eigenvalue weighted by Gasteiger charge is 2.17. The van der Waals surface area contributed by atoms with Crippen LogP contribution in [-0.2, 0) is 4.79 Å². The second kappa shape index (κ2) is 4.45. The molecule has 0 radical (unpaired) electrons. The molecule has 0 saturated heterocycles. The summed E-state index contributed by atoms with van der Waals surface area (Å²) in [5, 5.41) is 2.81. The largest absolute Gasteiger partial charge is 0.354 e. The summed E-state index contributed by atoms with van der Waals surface area (Å²) in [7, 11) is 0. The second-order valence-corrected chi connectivity index (χ2v) is 3.88. The molecular weight excluding hydrogens is 152 g/mol. The molecule has 3 N–H and O–H groups in total. The summed E-state index contributed by atoms with van der Waals surface area (Å²) in [6, 6.07) is 0. The van der Waals surface area contributed by atoms with Gasteiger partial charge in [-0.1, -0.05) is 20.8 Å². The minimum atomic E-state index is -0.273. The van der Waals surface area contributed by atoms with Crippen molar-refractivity contribution in [2.75, 3.05) is 6.54 Å². The summed E-state index contributed by atoms with van der Waals surface area (Å²) in [5.41, 5.74) is 5.58. The van der Waals surface area contributed by atoms with E-state index in [9.17, 15) is 4.79 Å². The van der Waals surface area contributed by atoms with E-state index in [-0.39, 0.29) is 17.4 Å². The Kier molecular flexibility index (Phi) is 4.24. The van der Waals surface area contributed by atoms with E-state index in [0.717, 1.165) is 6.42 Å². The van der Waals surface area contributed by atoms with Crippen LogP contribution in [-0.4, -0.2) is 18.0 Å². The number of nitrogens with two attached hydrogens (primary N) is 1. The average Bonchev–Trinajstić information content (AvgIpc) is 2.00. The monoisotopic (exact) mass is 172 g/mol. The molecular formula is C9H20N2O. The molecule has 1 unspecified atom stereocenters. The van der Waals surface area contributed by atoms with Gasteiger partial charge in [-0.25, -0.2) is 0 Å². The third-order valence-electron chi connectivity index (χ3n) is 2.00. The first kappa shape index (κ1) is 11.4. The van der Waals surface area contributed by atoms with Gasteiger partial charge in [-0.15, -0.1) is 0 Å². The quantitative estimate of drug-likeness (QED) is 0.661. The lowest BCUT2D eigenvalue weighted by molar-refractivity contribution is -0.124. The maximum absolute atomic E-state index is 11.1. The van der Waals surface area contributed by atoms with Crippen LogP contribution in [0.5, 0.6) is 0 Å². The fourth-order valence-electron chi connectivity index (χ4n) is 0.618. The molecule has 0 spiro atoms. The number of nitrogens with one attached hydrogen (secondary N) is 1. The Bertz CT molecular complexity index is 153. The SMILES string of the molecule is CCC(C)(N)CNC(=O)C(C)C. The van der Waals surface area contributed by atoms with Gasteiger partial charge in [-0.2, -0.15) is 0 Å². The average molecular weight is 172 g/mol. The third-order valence-corrected chi connectivity index (χ3v) is 2.00. The van der Waals surface area contributed by atoms with E-state index in [2.05, 4.69) is 5.32 Å². The van der Waals surface area contributed by atoms with Gasteiger partial charge in [0.1, 0.15) is 0 Å². The van der Waals surface area contributed by atoms with Crippen molar-refractivity contribution in [2.24, 2.45) is 11.7 Å². The molecule has 3 nitrogen and oxygen atoms in total. The van der Waals surface area contributed by atoms with Crippen LogP contribution in [0.4, 0.5) is 0 Å². The molecule has 0 aliphatic heterocycles. The van der Waals surface area contributed by atoms with Crippen LogP contribution in [0.3, 0.4) is 0 Å². The van der Waals surface area contributed by atoms with Gasteiger partial charge in [-0.05, 0) is 13.3 Å². The summed E-state index contributed by atoms with van der Waals surface area (Å²) in [5.74, 6) is 0.109. The number of carbonyl (C=O) groups excluding carboxylic acids is 1. The van der Waals surface area contributed by atoms with Crippen LogP contribution in [0, 0.1) is 5.92 Å². The van der Waals surface area contributed by atoms with Crippen molar-refractivity contribution in [1.29, 1.82) is 0 Å². The molecule has 0 heterocycles. The molecule has 0 aromatic heterocycles. The molecule has 1 atom stereocenters. The fourth-order valence-corrected chi connectivity index (χ4v) is 0.618. The smallest absolute Gasteiger partial charge is 0.222 e. The second-order valence-electron chi connectivity index (χ2n) is 3.88. The summed E-state index contributed by atoms with van der Waals surface area (Å²) in [4.78, 5) is 11.1. The molecule has 0 aromatic carbocycles. The van der Waals surface area contributed by atoms with Gasteiger partial charge >= 0.3 is 0 Å². The zero-order chi connectivity index (χ0) is 9.78. The van der Waals surface area contributed by atoms with Crippen molar-refractivity contribution in [2.45, 2.75) is 39.7 Å². The lowest BCUT2D eigenvalue weighted by Crippen LogP contribution is -2.47. The van der Waals surface area contributed by atoms with Crippen molar-refractivity contribution >= 4 is 5.91 Å². The summed E-state index contributed by atoms with van der Waals surface area (Å²) < 4.78 is 0. The standard InChI is InChI=1S/C9H20N2O/c1-5-9(4,10)6-11-8(12)7(2)3/h7H,5-6,10H2,1-4H3,(H,11,12). The van der Waals surface area contributed by atoms with Crippen molar-refractivity contribution in [3.8, 4) is 0 Å². The molecule has 1 amide bonds. The maximum Gasteiger partial charge on any atom is 0.222 e. The first-order valence-electron chi connectivity index (χ1n) is 4.45. The summed E-state index contributed by atoms with van der Waals surface area (Å²) in [6.07, 6.45) is 0.866. The first-order valence-corrected chi connectivity index (χ1v) is 4.45. The highest BCUT2D eigenvalue weighted by molar-refractivity contribution is 5.77. The first-order chi connectivity index (χ1) is 5.39. The number of carbonyl (C=O) groups is 1. The fraction of sp³-hybridized carbons (Fsp3) is 0.889. The number of hydrogen-bond donors (Lipinski definition) is 2. The Morgan fingerprint density at radius 3 is 2.42 bits per heavy atom. The highest BCUT2D eigenvalue weighted by Crippen LogP contribution is 2.02. The highest BCUT2D eigenvalue weighted by atomic mass is 16.1.